The maximum absolute atomic E-state index is 13.8. The topological polar surface area (TPSA) is 32.7 Å². The van der Waals surface area contributed by atoms with Crippen molar-refractivity contribution in [1.82, 2.24) is 0 Å². The summed E-state index contributed by atoms with van der Waals surface area (Å²) in [7, 11) is 1.73. The molecule has 0 amide bonds. The van der Waals surface area contributed by atoms with Crippen LogP contribution in [0.25, 0.3) is 0 Å². The van der Waals surface area contributed by atoms with Crippen molar-refractivity contribution < 1.29 is 14.2 Å². The minimum atomic E-state index is -0.790. The number of hydrogen-bond donors (Lipinski definition) is 1. The highest BCUT2D eigenvalue weighted by Gasteiger charge is 2.23. The number of piperidine rings is 1. The minimum Gasteiger partial charge on any atom is -0.389 e. The summed E-state index contributed by atoms with van der Waals surface area (Å²) in [5.41, 5.74) is 1.20. The van der Waals surface area contributed by atoms with Crippen LogP contribution >= 0.6 is 0 Å². The van der Waals surface area contributed by atoms with Crippen molar-refractivity contribution in [3.8, 4) is 0 Å². The van der Waals surface area contributed by atoms with Crippen LogP contribution < -0.4 is 4.90 Å². The smallest absolute Gasteiger partial charge is 0.131 e. The standard InChI is InChI=1S/C14H20FNO2/c1-10(17)14-12(15)4-3-5-13(14)16-8-6-11(18-2)7-9-16/h3-5,10-11,17H,6-9H2,1-2H3. The molecule has 1 aromatic carbocycles. The Bertz CT molecular complexity index is 401. The van der Waals surface area contributed by atoms with Gasteiger partial charge in [-0.3, -0.25) is 0 Å². The van der Waals surface area contributed by atoms with Crippen LogP contribution in [0.1, 0.15) is 31.4 Å². The van der Waals surface area contributed by atoms with Gasteiger partial charge in [0.2, 0.25) is 0 Å². The van der Waals surface area contributed by atoms with E-state index in [0.29, 0.717) is 11.7 Å². The van der Waals surface area contributed by atoms with E-state index >= 15 is 0 Å². The van der Waals surface area contributed by atoms with E-state index in [9.17, 15) is 9.50 Å². The molecule has 0 radical (unpaired) electrons. The quantitative estimate of drug-likeness (QED) is 0.898. The van der Waals surface area contributed by atoms with Crippen LogP contribution in [0.5, 0.6) is 0 Å². The van der Waals surface area contributed by atoms with Gasteiger partial charge in [0.15, 0.2) is 0 Å². The Morgan fingerprint density at radius 3 is 2.61 bits per heavy atom. The van der Waals surface area contributed by atoms with Gasteiger partial charge in [0.1, 0.15) is 5.82 Å². The van der Waals surface area contributed by atoms with E-state index in [0.717, 1.165) is 31.6 Å². The Kier molecular flexibility index (Phi) is 4.19. The SMILES string of the molecule is COC1CCN(c2cccc(F)c2C(C)O)CC1. The average Bonchev–Trinajstić information content (AvgIpc) is 2.38. The average molecular weight is 253 g/mol. The molecule has 1 N–H and O–H groups in total. The Morgan fingerprint density at radius 1 is 1.39 bits per heavy atom. The third kappa shape index (κ3) is 2.65. The molecule has 1 atom stereocenters. The van der Waals surface area contributed by atoms with Gasteiger partial charge >= 0.3 is 0 Å². The first kappa shape index (κ1) is 13.3. The van der Waals surface area contributed by atoms with Gasteiger partial charge in [-0.1, -0.05) is 6.07 Å². The number of anilines is 1. The number of aliphatic hydroxyl groups is 1. The third-order valence-electron chi connectivity index (χ3n) is 3.56. The molecule has 0 bridgehead atoms. The third-order valence-corrected chi connectivity index (χ3v) is 3.56. The van der Waals surface area contributed by atoms with Gasteiger partial charge in [-0.05, 0) is 31.9 Å². The Balaban J connectivity index is 2.21. The molecule has 1 saturated heterocycles. The molecule has 0 aromatic heterocycles. The maximum atomic E-state index is 13.8. The number of ether oxygens (including phenoxy) is 1. The Labute approximate surface area is 107 Å². The van der Waals surface area contributed by atoms with Gasteiger partial charge in [0.25, 0.3) is 0 Å². The summed E-state index contributed by atoms with van der Waals surface area (Å²) in [6.45, 7) is 3.27. The molecule has 0 saturated carbocycles. The highest BCUT2D eigenvalue weighted by Crippen LogP contribution is 2.31. The highest BCUT2D eigenvalue weighted by atomic mass is 19.1. The van der Waals surface area contributed by atoms with E-state index in [1.54, 1.807) is 20.1 Å². The largest absolute Gasteiger partial charge is 0.389 e. The van der Waals surface area contributed by atoms with Gasteiger partial charge < -0.3 is 14.7 Å². The highest BCUT2D eigenvalue weighted by molar-refractivity contribution is 5.55. The number of methoxy groups -OCH3 is 1. The first-order chi connectivity index (χ1) is 8.63. The number of nitrogens with zero attached hydrogens (tertiary/aromatic N) is 1. The predicted octanol–water partition coefficient (Wildman–Crippen LogP) is 2.49. The second-order valence-corrected chi connectivity index (χ2v) is 4.77. The van der Waals surface area contributed by atoms with Gasteiger partial charge in [0.05, 0.1) is 12.2 Å². The van der Waals surface area contributed by atoms with Crippen LogP contribution in [0.2, 0.25) is 0 Å². The lowest BCUT2D eigenvalue weighted by Crippen LogP contribution is -2.37. The fourth-order valence-electron chi connectivity index (χ4n) is 2.55. The minimum absolute atomic E-state index is 0.296. The van der Waals surface area contributed by atoms with Crippen LogP contribution in [-0.2, 0) is 4.74 Å². The van der Waals surface area contributed by atoms with Gasteiger partial charge in [-0.25, -0.2) is 4.39 Å². The second-order valence-electron chi connectivity index (χ2n) is 4.77. The van der Waals surface area contributed by atoms with Crippen molar-refractivity contribution in [3.05, 3.63) is 29.6 Å². The first-order valence-electron chi connectivity index (χ1n) is 6.37. The van der Waals surface area contributed by atoms with Crippen LogP contribution in [0.15, 0.2) is 18.2 Å². The summed E-state index contributed by atoms with van der Waals surface area (Å²) in [5.74, 6) is -0.337. The summed E-state index contributed by atoms with van der Waals surface area (Å²) in [6, 6.07) is 4.96. The molecule has 2 rings (SSSR count). The summed E-state index contributed by atoms with van der Waals surface area (Å²) in [6.07, 6.45) is 1.38. The summed E-state index contributed by atoms with van der Waals surface area (Å²) in [5, 5.41) is 9.72. The molecule has 1 unspecified atom stereocenters. The fraction of sp³-hybridized carbons (Fsp3) is 0.571. The van der Waals surface area contributed by atoms with Gasteiger partial charge in [0, 0.05) is 31.5 Å². The number of hydrogen-bond acceptors (Lipinski definition) is 3. The number of rotatable bonds is 3. The van der Waals surface area contributed by atoms with Crippen molar-refractivity contribution in [2.24, 2.45) is 0 Å². The van der Waals surface area contributed by atoms with Crippen molar-refractivity contribution in [1.29, 1.82) is 0 Å². The monoisotopic (exact) mass is 253 g/mol. The molecule has 1 aliphatic heterocycles. The summed E-state index contributed by atoms with van der Waals surface area (Å²) >= 11 is 0. The van der Waals surface area contributed by atoms with E-state index < -0.39 is 6.10 Å². The zero-order valence-corrected chi connectivity index (χ0v) is 10.9. The molecule has 1 aromatic rings. The van der Waals surface area contributed by atoms with Crippen LogP contribution in [-0.4, -0.2) is 31.4 Å². The van der Waals surface area contributed by atoms with E-state index in [1.807, 2.05) is 6.07 Å². The fourth-order valence-corrected chi connectivity index (χ4v) is 2.55. The van der Waals surface area contributed by atoms with Crippen LogP contribution in [0, 0.1) is 5.82 Å². The summed E-state index contributed by atoms with van der Waals surface area (Å²) < 4.78 is 19.1. The lowest BCUT2D eigenvalue weighted by Gasteiger charge is -2.34. The van der Waals surface area contributed by atoms with Crippen molar-refractivity contribution in [3.63, 3.8) is 0 Å². The van der Waals surface area contributed by atoms with Gasteiger partial charge in [-0.15, -0.1) is 0 Å². The van der Waals surface area contributed by atoms with Crippen LogP contribution in [0.4, 0.5) is 10.1 Å². The Morgan fingerprint density at radius 2 is 2.06 bits per heavy atom. The molecule has 1 heterocycles. The molecule has 1 aliphatic rings. The molecule has 18 heavy (non-hydrogen) atoms. The second kappa shape index (κ2) is 5.67. The summed E-state index contributed by atoms with van der Waals surface area (Å²) in [4.78, 5) is 2.13. The van der Waals surface area contributed by atoms with E-state index in [-0.39, 0.29) is 5.82 Å². The molecule has 3 nitrogen and oxygen atoms in total. The lowest BCUT2D eigenvalue weighted by molar-refractivity contribution is 0.0818. The number of aliphatic hydroxyl groups excluding tert-OH is 1. The Hall–Kier alpha value is -1.13. The predicted molar refractivity (Wildman–Crippen MR) is 69.3 cm³/mol. The van der Waals surface area contributed by atoms with E-state index in [4.69, 9.17) is 4.74 Å². The van der Waals surface area contributed by atoms with E-state index in [2.05, 4.69) is 4.90 Å². The van der Waals surface area contributed by atoms with Crippen molar-refractivity contribution in [2.75, 3.05) is 25.1 Å². The molecule has 1 fully saturated rings. The molecule has 0 spiro atoms. The van der Waals surface area contributed by atoms with Crippen LogP contribution in [0.3, 0.4) is 0 Å². The molecule has 0 aliphatic carbocycles. The molecule has 4 heteroatoms. The van der Waals surface area contributed by atoms with Gasteiger partial charge in [-0.2, -0.15) is 0 Å². The zero-order valence-electron chi connectivity index (χ0n) is 10.9. The molecule has 100 valence electrons. The van der Waals surface area contributed by atoms with Crippen molar-refractivity contribution in [2.45, 2.75) is 32.0 Å². The normalized spacial score (nSPS) is 19.0. The molecular formula is C14H20FNO2. The molecular weight excluding hydrogens is 233 g/mol. The lowest BCUT2D eigenvalue weighted by atomic mass is 10.0. The van der Waals surface area contributed by atoms with Crippen molar-refractivity contribution >= 4 is 5.69 Å². The number of halogens is 1. The zero-order chi connectivity index (χ0) is 13.1. The maximum Gasteiger partial charge on any atom is 0.131 e. The van der Waals surface area contributed by atoms with E-state index in [1.165, 1.54) is 6.07 Å². The first-order valence-corrected chi connectivity index (χ1v) is 6.37. The number of benzene rings is 1.